The highest BCUT2D eigenvalue weighted by Crippen LogP contribution is 2.34. The van der Waals surface area contributed by atoms with Crippen LogP contribution in [0.2, 0.25) is 0 Å². The van der Waals surface area contributed by atoms with Gasteiger partial charge in [0.15, 0.2) is 0 Å². The van der Waals surface area contributed by atoms with Crippen LogP contribution in [0.1, 0.15) is 22.4 Å². The second kappa shape index (κ2) is 6.95. The van der Waals surface area contributed by atoms with Gasteiger partial charge in [-0.3, -0.25) is 10.00 Å². The number of methoxy groups -OCH3 is 1. The Kier molecular flexibility index (Phi) is 4.07. The van der Waals surface area contributed by atoms with Gasteiger partial charge in [0, 0.05) is 42.8 Å². The van der Waals surface area contributed by atoms with Crippen LogP contribution >= 0.6 is 0 Å². The maximum absolute atomic E-state index is 5.39. The van der Waals surface area contributed by atoms with E-state index in [1.165, 1.54) is 11.1 Å². The van der Waals surface area contributed by atoms with Gasteiger partial charge in [-0.05, 0) is 48.5 Å². The van der Waals surface area contributed by atoms with Gasteiger partial charge in [-0.15, -0.1) is 0 Å². The number of H-pyrrole nitrogens is 1. The molecule has 2 aliphatic rings. The minimum Gasteiger partial charge on any atom is -0.497 e. The van der Waals surface area contributed by atoms with Crippen molar-refractivity contribution < 1.29 is 4.74 Å². The van der Waals surface area contributed by atoms with Crippen molar-refractivity contribution in [1.82, 2.24) is 25.1 Å². The van der Waals surface area contributed by atoms with Crippen molar-refractivity contribution in [2.75, 3.05) is 24.4 Å². The van der Waals surface area contributed by atoms with E-state index in [1.807, 2.05) is 24.4 Å². The first-order valence-electron chi connectivity index (χ1n) is 10.4. The third-order valence-corrected chi connectivity index (χ3v) is 6.05. The zero-order valence-corrected chi connectivity index (χ0v) is 17.5. The lowest BCUT2D eigenvalue weighted by atomic mass is 10.1. The second-order valence-electron chi connectivity index (χ2n) is 8.26. The molecule has 0 saturated carbocycles. The van der Waals surface area contributed by atoms with E-state index in [0.717, 1.165) is 71.5 Å². The van der Waals surface area contributed by atoms with Gasteiger partial charge >= 0.3 is 0 Å². The highest BCUT2D eigenvalue weighted by atomic mass is 16.5. The third kappa shape index (κ3) is 3.16. The Morgan fingerprint density at radius 3 is 2.81 bits per heavy atom. The molecule has 156 valence electrons. The Morgan fingerprint density at radius 2 is 1.90 bits per heavy atom. The molecular formula is C23H23N7O. The number of nitrogens with one attached hydrogen (secondary N) is 2. The van der Waals surface area contributed by atoms with E-state index in [-0.39, 0.29) is 0 Å². The molecule has 0 aliphatic carbocycles. The van der Waals surface area contributed by atoms with Gasteiger partial charge in [-0.25, -0.2) is 4.98 Å². The van der Waals surface area contributed by atoms with Crippen LogP contribution in [0, 0.1) is 0 Å². The molecule has 0 bridgehead atoms. The van der Waals surface area contributed by atoms with Gasteiger partial charge < -0.3 is 15.0 Å². The largest absolute Gasteiger partial charge is 0.497 e. The van der Waals surface area contributed by atoms with E-state index in [2.05, 4.69) is 50.6 Å². The molecule has 8 nitrogen and oxygen atoms in total. The Morgan fingerprint density at radius 1 is 1.00 bits per heavy atom. The monoisotopic (exact) mass is 413 g/mol. The highest BCUT2D eigenvalue weighted by Gasteiger charge is 2.27. The molecular weight excluding hydrogens is 390 g/mol. The number of hydrogen-bond donors (Lipinski definition) is 2. The summed E-state index contributed by atoms with van der Waals surface area (Å²) in [5.41, 5.74) is 6.82. The number of aromatic amines is 1. The number of benzene rings is 2. The fraction of sp³-hybridized carbons (Fsp3) is 0.261. The molecule has 0 unspecified atom stereocenters. The lowest BCUT2D eigenvalue weighted by molar-refractivity contribution is 0.351. The van der Waals surface area contributed by atoms with Crippen LogP contribution in [0.5, 0.6) is 5.75 Å². The van der Waals surface area contributed by atoms with Crippen LogP contribution in [0.4, 0.5) is 17.5 Å². The van der Waals surface area contributed by atoms with E-state index < -0.39 is 0 Å². The summed E-state index contributed by atoms with van der Waals surface area (Å²) in [6, 6.07) is 12.4. The summed E-state index contributed by atoms with van der Waals surface area (Å²) in [5.74, 6) is 2.52. The van der Waals surface area contributed by atoms with Crippen LogP contribution < -0.4 is 15.0 Å². The van der Waals surface area contributed by atoms with E-state index in [0.29, 0.717) is 0 Å². The molecule has 2 N–H and O–H groups in total. The molecule has 31 heavy (non-hydrogen) atoms. The summed E-state index contributed by atoms with van der Waals surface area (Å²) in [6.45, 7) is 3.24. The second-order valence-corrected chi connectivity index (χ2v) is 8.26. The lowest BCUT2D eigenvalue weighted by Gasteiger charge is -2.18. The molecule has 4 aromatic rings. The molecule has 6 rings (SSSR count). The zero-order valence-electron chi connectivity index (χ0n) is 17.5. The van der Waals surface area contributed by atoms with Gasteiger partial charge in [0.05, 0.1) is 24.5 Å². The molecule has 0 spiro atoms. The Balaban J connectivity index is 1.35. The van der Waals surface area contributed by atoms with Crippen molar-refractivity contribution >= 4 is 28.4 Å². The molecule has 0 amide bonds. The topological polar surface area (TPSA) is 82.2 Å². The smallest absolute Gasteiger partial charge is 0.228 e. The molecule has 0 atom stereocenters. The van der Waals surface area contributed by atoms with Crippen LogP contribution in [0.3, 0.4) is 0 Å². The van der Waals surface area contributed by atoms with E-state index in [4.69, 9.17) is 14.7 Å². The first-order chi connectivity index (χ1) is 15.2. The van der Waals surface area contributed by atoms with Crippen LogP contribution in [0.25, 0.3) is 10.9 Å². The molecule has 0 saturated heterocycles. The lowest BCUT2D eigenvalue weighted by Crippen LogP contribution is -2.19. The van der Waals surface area contributed by atoms with Gasteiger partial charge in [0.25, 0.3) is 0 Å². The summed E-state index contributed by atoms with van der Waals surface area (Å²) in [7, 11) is 3.81. The van der Waals surface area contributed by atoms with Gasteiger partial charge in [-0.2, -0.15) is 10.1 Å². The highest BCUT2D eigenvalue weighted by molar-refractivity contribution is 5.83. The molecule has 2 aromatic heterocycles. The van der Waals surface area contributed by atoms with Crippen molar-refractivity contribution in [3.8, 4) is 5.75 Å². The predicted octanol–water partition coefficient (Wildman–Crippen LogP) is 3.57. The first-order valence-corrected chi connectivity index (χ1v) is 10.4. The standard InChI is InChI=1S/C23H23N7O/c1-29-12-19-21(13-29)26-23(30-10-14-3-5-18(31-2)8-16(14)11-30)27-22(19)25-17-4-6-20-15(7-17)9-24-28-20/h3-9H,10-13H2,1-2H3,(H,24,28)(H,25,26,27). The molecule has 2 aromatic carbocycles. The van der Waals surface area contributed by atoms with Crippen LogP contribution in [-0.2, 0) is 26.2 Å². The SMILES string of the molecule is COc1ccc2c(c1)CN(c1nc3c(c(Nc4ccc5[nH]ncc5c4)n1)CN(C)C3)C2. The van der Waals surface area contributed by atoms with E-state index in [1.54, 1.807) is 7.11 Å². The predicted molar refractivity (Wildman–Crippen MR) is 119 cm³/mol. The fourth-order valence-electron chi connectivity index (χ4n) is 4.44. The Hall–Kier alpha value is -3.65. The van der Waals surface area contributed by atoms with Crippen LogP contribution in [-0.4, -0.2) is 39.2 Å². The minimum atomic E-state index is 0.760. The van der Waals surface area contributed by atoms with Crippen molar-refractivity contribution in [2.45, 2.75) is 26.2 Å². The first kappa shape index (κ1) is 18.1. The maximum Gasteiger partial charge on any atom is 0.228 e. The van der Waals surface area contributed by atoms with Crippen LogP contribution in [0.15, 0.2) is 42.6 Å². The Labute approximate surface area is 179 Å². The number of nitrogens with zero attached hydrogens (tertiary/aromatic N) is 5. The third-order valence-electron chi connectivity index (χ3n) is 6.05. The fourth-order valence-corrected chi connectivity index (χ4v) is 4.44. The number of rotatable bonds is 4. The normalized spacial score (nSPS) is 15.4. The number of fused-ring (bicyclic) bond motifs is 3. The van der Waals surface area contributed by atoms with Crippen molar-refractivity contribution in [1.29, 1.82) is 0 Å². The van der Waals surface area contributed by atoms with Gasteiger partial charge in [0.1, 0.15) is 11.6 Å². The number of hydrogen-bond acceptors (Lipinski definition) is 7. The van der Waals surface area contributed by atoms with Crippen molar-refractivity contribution in [3.05, 3.63) is 65.0 Å². The van der Waals surface area contributed by atoms with E-state index >= 15 is 0 Å². The summed E-state index contributed by atoms with van der Waals surface area (Å²) >= 11 is 0. The molecule has 0 fully saturated rings. The number of ether oxygens (including phenoxy) is 1. The average molecular weight is 413 g/mol. The van der Waals surface area contributed by atoms with Gasteiger partial charge in [0.2, 0.25) is 5.95 Å². The number of aromatic nitrogens is 4. The summed E-state index contributed by atoms with van der Waals surface area (Å²) in [5, 5.41) is 11.7. The van der Waals surface area contributed by atoms with Gasteiger partial charge in [-0.1, -0.05) is 6.07 Å². The minimum absolute atomic E-state index is 0.760. The maximum atomic E-state index is 5.39. The average Bonchev–Trinajstić information content (AvgIpc) is 3.49. The molecule has 2 aliphatic heterocycles. The molecule has 8 heteroatoms. The summed E-state index contributed by atoms with van der Waals surface area (Å²) in [6.07, 6.45) is 1.83. The summed E-state index contributed by atoms with van der Waals surface area (Å²) < 4.78 is 5.39. The van der Waals surface area contributed by atoms with Crippen molar-refractivity contribution in [2.24, 2.45) is 0 Å². The van der Waals surface area contributed by atoms with E-state index in [9.17, 15) is 0 Å². The Bertz CT molecular complexity index is 1300. The summed E-state index contributed by atoms with van der Waals surface area (Å²) in [4.78, 5) is 14.4. The molecule has 4 heterocycles. The quantitative estimate of drug-likeness (QED) is 0.529. The zero-order chi connectivity index (χ0) is 20.9. The molecule has 0 radical (unpaired) electrons. The van der Waals surface area contributed by atoms with Crippen molar-refractivity contribution in [3.63, 3.8) is 0 Å². The number of anilines is 3.